The molecule has 47 heavy (non-hydrogen) atoms. The van der Waals surface area contributed by atoms with Crippen molar-refractivity contribution in [3.8, 4) is 23.7 Å². The van der Waals surface area contributed by atoms with E-state index in [1.807, 2.05) is 26.2 Å². The van der Waals surface area contributed by atoms with Gasteiger partial charge in [0.1, 0.15) is 17.2 Å². The van der Waals surface area contributed by atoms with Crippen LogP contribution in [-0.4, -0.2) is 57.0 Å². The molecule has 240 valence electrons. The summed E-state index contributed by atoms with van der Waals surface area (Å²) in [6, 6.07) is 19.7. The average molecular weight is 651 g/mol. The van der Waals surface area contributed by atoms with Crippen molar-refractivity contribution in [3.05, 3.63) is 130 Å². The van der Waals surface area contributed by atoms with Crippen molar-refractivity contribution in [2.45, 2.75) is 50.6 Å². The number of carboxylic acids is 1. The van der Waals surface area contributed by atoms with E-state index in [0.717, 1.165) is 24.0 Å². The van der Waals surface area contributed by atoms with E-state index in [1.165, 1.54) is 37.2 Å². The smallest absolute Gasteiger partial charge is 0.354 e. The van der Waals surface area contributed by atoms with Crippen LogP contribution in [0.15, 0.2) is 85.2 Å². The Balaban J connectivity index is 0.000000184. The minimum Gasteiger partial charge on any atom is -0.477 e. The summed E-state index contributed by atoms with van der Waals surface area (Å²) < 4.78 is 12.8. The van der Waals surface area contributed by atoms with Crippen LogP contribution in [0, 0.1) is 29.5 Å². The van der Waals surface area contributed by atoms with E-state index in [0.29, 0.717) is 27.4 Å². The third-order valence-corrected chi connectivity index (χ3v) is 8.26. The molecule has 4 aromatic rings. The van der Waals surface area contributed by atoms with Crippen molar-refractivity contribution >= 4 is 23.5 Å². The number of rotatable bonds is 4. The molecule has 0 atom stereocenters. The Labute approximate surface area is 280 Å². The molecule has 9 heteroatoms. The molecule has 2 saturated carbocycles. The Morgan fingerprint density at radius 3 is 1.79 bits per heavy atom. The number of carboxylic acid groups (broad SMARTS) is 1. The van der Waals surface area contributed by atoms with Crippen molar-refractivity contribution in [2.24, 2.45) is 0 Å². The van der Waals surface area contributed by atoms with Gasteiger partial charge in [0.2, 0.25) is 0 Å². The fourth-order valence-corrected chi connectivity index (χ4v) is 4.14. The third-order valence-electron chi connectivity index (χ3n) is 8.03. The van der Waals surface area contributed by atoms with Crippen LogP contribution >= 0.6 is 11.6 Å². The number of carbonyl (C=O) groups excluding carboxylic acids is 1. The fraction of sp³-hybridized carbons (Fsp3) is 0.263. The molecule has 0 bridgehead atoms. The van der Waals surface area contributed by atoms with Crippen molar-refractivity contribution < 1.29 is 19.1 Å². The second kappa shape index (κ2) is 15.5. The number of hydrogen-bond donors (Lipinski definition) is 2. The first-order chi connectivity index (χ1) is 22.4. The van der Waals surface area contributed by atoms with Crippen LogP contribution < -0.4 is 5.32 Å². The number of pyridine rings is 2. The predicted octanol–water partition coefficient (Wildman–Crippen LogP) is 6.84. The van der Waals surface area contributed by atoms with E-state index in [4.69, 9.17) is 16.7 Å². The fourth-order valence-electron chi connectivity index (χ4n) is 3.95. The summed E-state index contributed by atoms with van der Waals surface area (Å²) in [6.07, 6.45) is 7.83. The number of aromatic carboxylic acids is 1. The number of nitrogens with zero attached hydrogens (tertiary/aromatic N) is 3. The van der Waals surface area contributed by atoms with Gasteiger partial charge in [0.05, 0.1) is 0 Å². The first-order valence-corrected chi connectivity index (χ1v) is 15.5. The van der Waals surface area contributed by atoms with Crippen LogP contribution in [0.4, 0.5) is 4.39 Å². The van der Waals surface area contributed by atoms with Gasteiger partial charge < -0.3 is 15.3 Å². The Morgan fingerprint density at radius 1 is 0.809 bits per heavy atom. The molecule has 7 nitrogen and oxygen atoms in total. The molecule has 2 aromatic carbocycles. The minimum absolute atomic E-state index is 0.00306. The van der Waals surface area contributed by atoms with Crippen molar-refractivity contribution in [3.63, 3.8) is 0 Å². The van der Waals surface area contributed by atoms with E-state index in [1.54, 1.807) is 53.6 Å². The van der Waals surface area contributed by atoms with Gasteiger partial charge in [0.15, 0.2) is 0 Å². The molecular formula is C38H36ClFN4O3. The Morgan fingerprint density at radius 2 is 1.34 bits per heavy atom. The second-order valence-electron chi connectivity index (χ2n) is 11.9. The van der Waals surface area contributed by atoms with Crippen LogP contribution in [0.3, 0.4) is 0 Å². The van der Waals surface area contributed by atoms with E-state index >= 15 is 0 Å². The van der Waals surface area contributed by atoms with E-state index in [-0.39, 0.29) is 23.0 Å². The van der Waals surface area contributed by atoms with Gasteiger partial charge >= 0.3 is 5.97 Å². The highest BCUT2D eigenvalue weighted by molar-refractivity contribution is 6.30. The molecule has 0 aliphatic heterocycles. The summed E-state index contributed by atoms with van der Waals surface area (Å²) in [5, 5.41) is 12.5. The number of nitrogens with one attached hydrogen (secondary N) is 1. The molecule has 0 radical (unpaired) electrons. The molecule has 0 unspecified atom stereocenters. The van der Waals surface area contributed by atoms with Crippen LogP contribution in [0.25, 0.3) is 0 Å². The molecule has 2 aliphatic rings. The van der Waals surface area contributed by atoms with Gasteiger partial charge in [-0.3, -0.25) is 4.79 Å². The highest BCUT2D eigenvalue weighted by atomic mass is 35.5. The lowest BCUT2D eigenvalue weighted by Gasteiger charge is -2.23. The zero-order chi connectivity index (χ0) is 34.0. The largest absolute Gasteiger partial charge is 0.477 e. The molecule has 2 fully saturated rings. The van der Waals surface area contributed by atoms with E-state index < -0.39 is 5.97 Å². The summed E-state index contributed by atoms with van der Waals surface area (Å²) >= 11 is 5.84. The van der Waals surface area contributed by atoms with Crippen molar-refractivity contribution in [2.75, 3.05) is 14.1 Å². The van der Waals surface area contributed by atoms with Crippen LogP contribution in [0.1, 0.15) is 82.8 Å². The summed E-state index contributed by atoms with van der Waals surface area (Å²) in [6.45, 7) is 4.32. The molecule has 2 heterocycles. The van der Waals surface area contributed by atoms with Gasteiger partial charge in [0.25, 0.3) is 5.91 Å². The Bertz CT molecular complexity index is 1830. The van der Waals surface area contributed by atoms with Gasteiger partial charge in [-0.25, -0.2) is 19.2 Å². The van der Waals surface area contributed by atoms with Gasteiger partial charge in [-0.1, -0.05) is 41.3 Å². The number of benzene rings is 2. The predicted molar refractivity (Wildman–Crippen MR) is 182 cm³/mol. The standard InChI is InChI=1S/C19H17FN2O.C14H8ClNO2.C5H11N/c1-19(11-12-19)22(2)18(23)17-10-7-15(13-21-17)4-3-14-5-8-16(20)9-6-14;15-12-3-1-2-10(8-12)4-5-11-6-7-13(14(17)18)16-9-11;1-5(6-2)3-4-5/h5-10,13H,11-12H2,1-2H3;1-3,6-9H,(H,17,18);6H,3-4H2,1-2H3. The lowest BCUT2D eigenvalue weighted by atomic mass is 10.2. The van der Waals surface area contributed by atoms with Crippen molar-refractivity contribution in [1.29, 1.82) is 0 Å². The Hall–Kier alpha value is -5.02. The average Bonchev–Trinajstić information content (AvgIpc) is 4.02. The summed E-state index contributed by atoms with van der Waals surface area (Å²) in [5.74, 6) is 10.3. The number of halogens is 2. The van der Waals surface area contributed by atoms with E-state index in [2.05, 4.69) is 52.8 Å². The van der Waals surface area contributed by atoms with E-state index in [9.17, 15) is 14.0 Å². The van der Waals surface area contributed by atoms with Crippen LogP contribution in [0.2, 0.25) is 5.02 Å². The molecule has 2 aromatic heterocycles. The van der Waals surface area contributed by atoms with Gasteiger partial charge in [-0.05, 0) is 113 Å². The maximum Gasteiger partial charge on any atom is 0.354 e. The van der Waals surface area contributed by atoms with Gasteiger partial charge in [-0.2, -0.15) is 0 Å². The lowest BCUT2D eigenvalue weighted by Crippen LogP contribution is -2.37. The third kappa shape index (κ3) is 10.8. The molecule has 6 rings (SSSR count). The van der Waals surface area contributed by atoms with Crippen LogP contribution in [-0.2, 0) is 0 Å². The molecule has 1 amide bonds. The Kier molecular flexibility index (Phi) is 11.5. The molecule has 0 spiro atoms. The first kappa shape index (κ1) is 34.8. The highest BCUT2D eigenvalue weighted by Crippen LogP contribution is 2.40. The first-order valence-electron chi connectivity index (χ1n) is 15.1. The summed E-state index contributed by atoms with van der Waals surface area (Å²) in [5.41, 5.74) is 3.85. The molecule has 0 saturated heterocycles. The highest BCUT2D eigenvalue weighted by Gasteiger charge is 2.44. The quantitative estimate of drug-likeness (QED) is 0.235. The number of hydrogen-bond acceptors (Lipinski definition) is 5. The maximum atomic E-state index is 12.8. The summed E-state index contributed by atoms with van der Waals surface area (Å²) in [4.78, 5) is 32.7. The van der Waals surface area contributed by atoms with Gasteiger partial charge in [0, 0.05) is 57.8 Å². The monoisotopic (exact) mass is 650 g/mol. The van der Waals surface area contributed by atoms with Gasteiger partial charge in [-0.15, -0.1) is 0 Å². The molecular weight excluding hydrogens is 615 g/mol. The lowest BCUT2D eigenvalue weighted by molar-refractivity contribution is 0.0687. The minimum atomic E-state index is -1.05. The van der Waals surface area contributed by atoms with Crippen LogP contribution in [0.5, 0.6) is 0 Å². The SMILES string of the molecule is CN(C(=O)c1ccc(C#Cc2ccc(F)cc2)cn1)C1(C)CC1.CNC1(C)CC1.O=C(O)c1ccc(C#Cc2cccc(Cl)c2)cn1. The second-order valence-corrected chi connectivity index (χ2v) is 12.3. The number of aromatic nitrogens is 2. The number of carbonyl (C=O) groups is 2. The topological polar surface area (TPSA) is 95.4 Å². The normalized spacial score (nSPS) is 14.2. The van der Waals surface area contributed by atoms with Crippen molar-refractivity contribution in [1.82, 2.24) is 20.2 Å². The maximum absolute atomic E-state index is 12.8. The zero-order valence-electron chi connectivity index (χ0n) is 26.8. The molecule has 2 N–H and O–H groups in total. The summed E-state index contributed by atoms with van der Waals surface area (Å²) in [7, 11) is 3.84. The molecule has 2 aliphatic carbocycles. The number of amides is 1. The zero-order valence-corrected chi connectivity index (χ0v) is 27.5.